The van der Waals surface area contributed by atoms with Crippen molar-refractivity contribution in [1.29, 1.82) is 0 Å². The Balaban J connectivity index is 3.14. The van der Waals surface area contributed by atoms with Crippen molar-refractivity contribution < 1.29 is 4.39 Å². The molecule has 0 aliphatic heterocycles. The van der Waals surface area contributed by atoms with Crippen LogP contribution >= 0.6 is 0 Å². The zero-order chi connectivity index (χ0) is 10.1. The summed E-state index contributed by atoms with van der Waals surface area (Å²) in [6, 6.07) is 6.93. The lowest BCUT2D eigenvalue weighted by molar-refractivity contribution is 0.157. The van der Waals surface area contributed by atoms with E-state index in [1.54, 1.807) is 13.0 Å². The van der Waals surface area contributed by atoms with E-state index in [1.165, 1.54) is 6.92 Å². The molecule has 1 nitrogen and oxygen atoms in total. The van der Waals surface area contributed by atoms with Crippen molar-refractivity contribution in [2.75, 3.05) is 0 Å². The largest absolute Gasteiger partial charge is 0.325 e. The van der Waals surface area contributed by atoms with Crippen LogP contribution in [0.3, 0.4) is 0 Å². The predicted octanol–water partition coefficient (Wildman–Crippen LogP) is 2.53. The van der Waals surface area contributed by atoms with Crippen molar-refractivity contribution >= 4 is 0 Å². The first kappa shape index (κ1) is 10.2. The number of nitrogens with two attached hydrogens (primary N) is 1. The fraction of sp³-hybridized carbons (Fsp3) is 0.455. The molecule has 0 heterocycles. The fourth-order valence-electron chi connectivity index (χ4n) is 1.37. The van der Waals surface area contributed by atoms with E-state index in [0.29, 0.717) is 5.56 Å². The summed E-state index contributed by atoms with van der Waals surface area (Å²) in [5.41, 5.74) is 5.79. The highest BCUT2D eigenvalue weighted by Crippen LogP contribution is 2.30. The van der Waals surface area contributed by atoms with Gasteiger partial charge in [-0.25, -0.2) is 4.39 Å². The Kier molecular flexibility index (Phi) is 2.71. The molecule has 0 aliphatic carbocycles. The quantitative estimate of drug-likeness (QED) is 0.745. The fourth-order valence-corrected chi connectivity index (χ4v) is 1.37. The maximum Gasteiger partial charge on any atom is 0.148 e. The summed E-state index contributed by atoms with van der Waals surface area (Å²) in [4.78, 5) is 0. The lowest BCUT2D eigenvalue weighted by atomic mass is 9.88. The maximum atomic E-state index is 14.1. The number of aryl methyl sites for hydroxylation is 1. The molecule has 2 unspecified atom stereocenters. The van der Waals surface area contributed by atoms with E-state index in [4.69, 9.17) is 5.73 Å². The van der Waals surface area contributed by atoms with Gasteiger partial charge in [0.25, 0.3) is 0 Å². The Morgan fingerprint density at radius 2 is 1.92 bits per heavy atom. The molecule has 2 N–H and O–H groups in total. The number of halogens is 1. The Morgan fingerprint density at radius 1 is 1.38 bits per heavy atom. The normalized spacial score (nSPS) is 17.9. The van der Waals surface area contributed by atoms with Crippen LogP contribution in [0.5, 0.6) is 0 Å². The van der Waals surface area contributed by atoms with Gasteiger partial charge < -0.3 is 5.73 Å². The highest BCUT2D eigenvalue weighted by atomic mass is 19.1. The van der Waals surface area contributed by atoms with Gasteiger partial charge in [-0.1, -0.05) is 24.3 Å². The summed E-state index contributed by atoms with van der Waals surface area (Å²) < 4.78 is 14.1. The third-order valence-corrected chi connectivity index (χ3v) is 2.53. The molecule has 1 aromatic carbocycles. The van der Waals surface area contributed by atoms with Crippen molar-refractivity contribution in [3.05, 3.63) is 35.4 Å². The van der Waals surface area contributed by atoms with Crippen molar-refractivity contribution in [1.82, 2.24) is 0 Å². The van der Waals surface area contributed by atoms with Gasteiger partial charge in [0.15, 0.2) is 0 Å². The van der Waals surface area contributed by atoms with Crippen molar-refractivity contribution in [3.8, 4) is 0 Å². The first-order chi connectivity index (χ1) is 5.96. The van der Waals surface area contributed by atoms with Gasteiger partial charge in [0.05, 0.1) is 0 Å². The molecule has 1 rings (SSSR count). The minimum Gasteiger partial charge on any atom is -0.325 e. The number of alkyl halides is 1. The van der Waals surface area contributed by atoms with Crippen LogP contribution in [0.15, 0.2) is 24.3 Å². The Morgan fingerprint density at radius 3 is 2.38 bits per heavy atom. The van der Waals surface area contributed by atoms with Crippen LogP contribution in [0.25, 0.3) is 0 Å². The van der Waals surface area contributed by atoms with Gasteiger partial charge in [-0.05, 0) is 31.9 Å². The van der Waals surface area contributed by atoms with Gasteiger partial charge >= 0.3 is 0 Å². The highest BCUT2D eigenvalue weighted by Gasteiger charge is 2.31. The predicted molar refractivity (Wildman–Crippen MR) is 53.3 cm³/mol. The summed E-state index contributed by atoms with van der Waals surface area (Å²) in [5.74, 6) is 0. The van der Waals surface area contributed by atoms with Crippen LogP contribution < -0.4 is 5.73 Å². The van der Waals surface area contributed by atoms with Crippen LogP contribution in [0.2, 0.25) is 0 Å². The molecule has 0 fully saturated rings. The maximum absolute atomic E-state index is 14.1. The molecule has 0 amide bonds. The van der Waals surface area contributed by atoms with Crippen LogP contribution in [0.1, 0.15) is 25.0 Å². The molecule has 0 saturated heterocycles. The first-order valence-electron chi connectivity index (χ1n) is 4.47. The van der Waals surface area contributed by atoms with Crippen LogP contribution in [-0.4, -0.2) is 6.04 Å². The van der Waals surface area contributed by atoms with Crippen molar-refractivity contribution in [2.24, 2.45) is 5.73 Å². The molecular formula is C11H16FN. The summed E-state index contributed by atoms with van der Waals surface area (Å²) in [5, 5.41) is 0. The first-order valence-corrected chi connectivity index (χ1v) is 4.47. The lowest BCUT2D eigenvalue weighted by Gasteiger charge is -2.26. The SMILES string of the molecule is Cc1ccccc1C(C)(F)C(C)N. The molecule has 0 aromatic heterocycles. The molecule has 0 aliphatic rings. The number of hydrogen-bond acceptors (Lipinski definition) is 1. The Bertz CT molecular complexity index is 292. The molecule has 13 heavy (non-hydrogen) atoms. The van der Waals surface area contributed by atoms with E-state index in [9.17, 15) is 4.39 Å². The van der Waals surface area contributed by atoms with Crippen molar-refractivity contribution in [2.45, 2.75) is 32.5 Å². The van der Waals surface area contributed by atoms with E-state index in [1.807, 2.05) is 25.1 Å². The molecule has 2 heteroatoms. The molecule has 2 atom stereocenters. The van der Waals surface area contributed by atoms with E-state index < -0.39 is 11.7 Å². The number of benzene rings is 1. The summed E-state index contributed by atoms with van der Waals surface area (Å²) in [6.45, 7) is 5.11. The third kappa shape index (κ3) is 1.89. The summed E-state index contributed by atoms with van der Waals surface area (Å²) in [7, 11) is 0. The van der Waals surface area contributed by atoms with E-state index in [0.717, 1.165) is 5.56 Å². The van der Waals surface area contributed by atoms with Gasteiger partial charge in [-0.2, -0.15) is 0 Å². The van der Waals surface area contributed by atoms with E-state index >= 15 is 0 Å². The van der Waals surface area contributed by atoms with Gasteiger partial charge in [0.1, 0.15) is 5.67 Å². The van der Waals surface area contributed by atoms with Crippen molar-refractivity contribution in [3.63, 3.8) is 0 Å². The van der Waals surface area contributed by atoms with Crippen LogP contribution in [0.4, 0.5) is 4.39 Å². The smallest absolute Gasteiger partial charge is 0.148 e. The molecule has 0 saturated carbocycles. The summed E-state index contributed by atoms with van der Waals surface area (Å²) >= 11 is 0. The molecule has 0 bridgehead atoms. The monoisotopic (exact) mass is 181 g/mol. The second-order valence-electron chi connectivity index (χ2n) is 3.68. The third-order valence-electron chi connectivity index (χ3n) is 2.53. The average Bonchev–Trinajstić information content (AvgIpc) is 2.04. The number of rotatable bonds is 2. The van der Waals surface area contributed by atoms with Crippen LogP contribution in [0, 0.1) is 6.92 Å². The molecule has 0 spiro atoms. The molecular weight excluding hydrogens is 165 g/mol. The van der Waals surface area contributed by atoms with Gasteiger partial charge in [0, 0.05) is 6.04 Å². The highest BCUT2D eigenvalue weighted by molar-refractivity contribution is 5.31. The van der Waals surface area contributed by atoms with Crippen LogP contribution in [-0.2, 0) is 5.67 Å². The van der Waals surface area contributed by atoms with E-state index in [-0.39, 0.29) is 0 Å². The topological polar surface area (TPSA) is 26.0 Å². The van der Waals surface area contributed by atoms with Gasteiger partial charge in [-0.3, -0.25) is 0 Å². The minimum atomic E-state index is -1.44. The minimum absolute atomic E-state index is 0.492. The lowest BCUT2D eigenvalue weighted by Crippen LogP contribution is -2.37. The standard InChI is InChI=1S/C11H16FN/c1-8-6-4-5-7-10(8)11(3,12)9(2)13/h4-7,9H,13H2,1-3H3. The zero-order valence-corrected chi connectivity index (χ0v) is 8.34. The van der Waals surface area contributed by atoms with Gasteiger partial charge in [-0.15, -0.1) is 0 Å². The second-order valence-corrected chi connectivity index (χ2v) is 3.68. The average molecular weight is 181 g/mol. The number of hydrogen-bond donors (Lipinski definition) is 1. The Hall–Kier alpha value is -0.890. The Labute approximate surface area is 78.8 Å². The van der Waals surface area contributed by atoms with Gasteiger partial charge in [0.2, 0.25) is 0 Å². The zero-order valence-electron chi connectivity index (χ0n) is 8.34. The molecule has 72 valence electrons. The molecule has 1 aromatic rings. The van der Waals surface area contributed by atoms with E-state index in [2.05, 4.69) is 0 Å². The summed E-state index contributed by atoms with van der Waals surface area (Å²) in [6.07, 6.45) is 0. The molecule has 0 radical (unpaired) electrons. The second kappa shape index (κ2) is 3.46.